The highest BCUT2D eigenvalue weighted by atomic mass is 28.3. The average Bonchev–Trinajstić information content (AvgIpc) is 1.60. The molecule has 1 nitrogen and oxygen atoms in total. The summed E-state index contributed by atoms with van der Waals surface area (Å²) in [7, 11) is -1.00. The Morgan fingerprint density at radius 1 is 1.40 bits per heavy atom. The van der Waals surface area contributed by atoms with Gasteiger partial charge in [-0.05, 0) is 13.0 Å². The highest BCUT2D eigenvalue weighted by Gasteiger charge is 2.19. The number of hydrogen-bond acceptors (Lipinski definition) is 1. The van der Waals surface area contributed by atoms with Crippen LogP contribution in [0.4, 0.5) is 0 Å². The number of Topliss-reactive ketones (excluding diaryl/α,β-unsaturated/α-hetero) is 1. The van der Waals surface area contributed by atoms with E-state index in [1.165, 1.54) is 0 Å². The first-order chi connectivity index (χ1) is 4.33. The Kier molecular flexibility index (Phi) is 3.29. The maximum Gasteiger partial charge on any atom is 0.132 e. The molecule has 0 aromatic heterocycles. The number of carbonyl (C=O) groups excluding carboxylic acids is 1. The molecule has 0 aliphatic rings. The van der Waals surface area contributed by atoms with Crippen molar-refractivity contribution < 1.29 is 4.79 Å². The summed E-state index contributed by atoms with van der Waals surface area (Å²) in [5, 5.41) is 0. The smallest absolute Gasteiger partial charge is 0.132 e. The third-order valence-corrected chi connectivity index (χ3v) is 3.45. The van der Waals surface area contributed by atoms with Crippen molar-refractivity contribution in [1.82, 2.24) is 0 Å². The van der Waals surface area contributed by atoms with E-state index in [2.05, 4.69) is 19.6 Å². The van der Waals surface area contributed by atoms with Gasteiger partial charge < -0.3 is 0 Å². The van der Waals surface area contributed by atoms with Gasteiger partial charge in [-0.15, -0.1) is 0 Å². The molecule has 2 heteroatoms. The van der Waals surface area contributed by atoms with E-state index in [1.54, 1.807) is 6.92 Å². The first-order valence-electron chi connectivity index (χ1n) is 3.83. The van der Waals surface area contributed by atoms with Gasteiger partial charge >= 0.3 is 0 Å². The van der Waals surface area contributed by atoms with E-state index in [4.69, 9.17) is 0 Å². The van der Waals surface area contributed by atoms with Gasteiger partial charge in [0.15, 0.2) is 0 Å². The predicted molar refractivity (Wildman–Crippen MR) is 48.0 cm³/mol. The fourth-order valence-corrected chi connectivity index (χ4v) is 3.19. The summed E-state index contributed by atoms with van der Waals surface area (Å²) in [4.78, 5) is 10.8. The molecule has 0 aromatic carbocycles. The second-order valence-corrected chi connectivity index (χ2v) is 9.81. The normalized spacial score (nSPS) is 14.9. The van der Waals surface area contributed by atoms with E-state index in [-0.39, 0.29) is 5.92 Å². The fraction of sp³-hybridized carbons (Fsp3) is 0.875. The molecule has 0 aliphatic heterocycles. The van der Waals surface area contributed by atoms with Crippen LogP contribution < -0.4 is 0 Å². The third kappa shape index (κ3) is 4.74. The van der Waals surface area contributed by atoms with Crippen molar-refractivity contribution in [3.63, 3.8) is 0 Å². The molecule has 1 atom stereocenters. The Balaban J connectivity index is 3.80. The lowest BCUT2D eigenvalue weighted by atomic mass is 10.1. The molecule has 60 valence electrons. The zero-order chi connectivity index (χ0) is 8.36. The number of hydrogen-bond donors (Lipinski definition) is 0. The standard InChI is InChI=1S/C8H18OSi/c1-7(8(2)9)6-10(3,4)5/h7H,6H2,1-5H3/t7-/m0/s1. The van der Waals surface area contributed by atoms with Crippen molar-refractivity contribution >= 4 is 13.9 Å². The molecule has 0 spiro atoms. The van der Waals surface area contributed by atoms with Crippen LogP contribution in [0.15, 0.2) is 0 Å². The molecular weight excluding hydrogens is 140 g/mol. The first-order valence-corrected chi connectivity index (χ1v) is 7.54. The molecule has 0 fully saturated rings. The number of carbonyl (C=O) groups is 1. The van der Waals surface area contributed by atoms with Crippen molar-refractivity contribution in [3.8, 4) is 0 Å². The first kappa shape index (κ1) is 9.89. The van der Waals surface area contributed by atoms with Gasteiger partial charge in [-0.2, -0.15) is 0 Å². The largest absolute Gasteiger partial charge is 0.300 e. The van der Waals surface area contributed by atoms with Crippen molar-refractivity contribution in [3.05, 3.63) is 0 Å². The van der Waals surface area contributed by atoms with Crippen molar-refractivity contribution in [2.75, 3.05) is 0 Å². The minimum atomic E-state index is -1.00. The zero-order valence-electron chi connectivity index (χ0n) is 7.69. The quantitative estimate of drug-likeness (QED) is 0.577. The lowest BCUT2D eigenvalue weighted by Crippen LogP contribution is -2.25. The summed E-state index contributed by atoms with van der Waals surface area (Å²) >= 11 is 0. The monoisotopic (exact) mass is 158 g/mol. The maximum absolute atomic E-state index is 10.8. The van der Waals surface area contributed by atoms with Gasteiger partial charge in [-0.1, -0.05) is 26.6 Å². The van der Waals surface area contributed by atoms with Crippen LogP contribution >= 0.6 is 0 Å². The molecule has 0 saturated heterocycles. The molecule has 0 unspecified atom stereocenters. The summed E-state index contributed by atoms with van der Waals surface area (Å²) in [6.07, 6.45) is 0. The molecule has 10 heavy (non-hydrogen) atoms. The summed E-state index contributed by atoms with van der Waals surface area (Å²) in [5.41, 5.74) is 0. The minimum Gasteiger partial charge on any atom is -0.300 e. The zero-order valence-corrected chi connectivity index (χ0v) is 8.69. The van der Waals surface area contributed by atoms with Crippen LogP contribution in [0.5, 0.6) is 0 Å². The van der Waals surface area contributed by atoms with Crippen LogP contribution in [0.25, 0.3) is 0 Å². The van der Waals surface area contributed by atoms with Crippen LogP contribution in [-0.4, -0.2) is 13.9 Å². The van der Waals surface area contributed by atoms with Crippen molar-refractivity contribution in [2.24, 2.45) is 5.92 Å². The molecule has 0 rings (SSSR count). The van der Waals surface area contributed by atoms with Crippen molar-refractivity contribution in [1.29, 1.82) is 0 Å². The highest BCUT2D eigenvalue weighted by molar-refractivity contribution is 6.76. The van der Waals surface area contributed by atoms with Gasteiger partial charge in [0.2, 0.25) is 0 Å². The molecule has 0 amide bonds. The average molecular weight is 158 g/mol. The number of ketones is 1. The Hall–Kier alpha value is -0.113. The lowest BCUT2D eigenvalue weighted by Gasteiger charge is -2.18. The van der Waals surface area contributed by atoms with Gasteiger partial charge in [0.05, 0.1) is 0 Å². The SMILES string of the molecule is CC(=O)[C@@H](C)C[Si](C)(C)C. The van der Waals surface area contributed by atoms with Gasteiger partial charge in [0, 0.05) is 14.0 Å². The Labute approximate surface area is 64.8 Å². The maximum atomic E-state index is 10.8. The highest BCUT2D eigenvalue weighted by Crippen LogP contribution is 2.16. The van der Waals surface area contributed by atoms with Gasteiger partial charge in [-0.3, -0.25) is 4.79 Å². The van der Waals surface area contributed by atoms with Crippen LogP contribution in [0.2, 0.25) is 25.7 Å². The second kappa shape index (κ2) is 3.33. The molecule has 0 saturated carbocycles. The van der Waals surface area contributed by atoms with Crippen LogP contribution in [0.3, 0.4) is 0 Å². The topological polar surface area (TPSA) is 17.1 Å². The molecular formula is C8H18OSi. The van der Waals surface area contributed by atoms with Crippen molar-refractivity contribution in [2.45, 2.75) is 39.5 Å². The Bertz CT molecular complexity index is 124. The molecule has 0 aliphatic carbocycles. The Morgan fingerprint density at radius 3 is 1.90 bits per heavy atom. The van der Waals surface area contributed by atoms with E-state index in [1.807, 2.05) is 6.92 Å². The van der Waals surface area contributed by atoms with Crippen LogP contribution in [-0.2, 0) is 4.79 Å². The summed E-state index contributed by atoms with van der Waals surface area (Å²) < 4.78 is 0. The van der Waals surface area contributed by atoms with E-state index in [0.29, 0.717) is 5.78 Å². The molecule has 0 radical (unpaired) electrons. The molecule has 0 N–H and O–H groups in total. The van der Waals surface area contributed by atoms with Crippen LogP contribution in [0.1, 0.15) is 13.8 Å². The second-order valence-electron chi connectivity index (χ2n) is 4.28. The minimum absolute atomic E-state index is 0.284. The predicted octanol–water partition coefficient (Wildman–Crippen LogP) is 2.55. The van der Waals surface area contributed by atoms with Gasteiger partial charge in [-0.25, -0.2) is 0 Å². The summed E-state index contributed by atoms with van der Waals surface area (Å²) in [5.74, 6) is 0.620. The Morgan fingerprint density at radius 2 is 1.80 bits per heavy atom. The van der Waals surface area contributed by atoms with E-state index >= 15 is 0 Å². The number of rotatable bonds is 3. The van der Waals surface area contributed by atoms with E-state index < -0.39 is 8.07 Å². The third-order valence-electron chi connectivity index (χ3n) is 1.61. The molecule has 0 bridgehead atoms. The van der Waals surface area contributed by atoms with E-state index in [9.17, 15) is 4.79 Å². The van der Waals surface area contributed by atoms with Gasteiger partial charge in [0.1, 0.15) is 5.78 Å². The van der Waals surface area contributed by atoms with Gasteiger partial charge in [0.25, 0.3) is 0 Å². The lowest BCUT2D eigenvalue weighted by molar-refractivity contribution is -0.119. The summed E-state index contributed by atoms with van der Waals surface area (Å²) in [6.45, 7) is 10.6. The molecule has 0 aromatic rings. The van der Waals surface area contributed by atoms with Crippen LogP contribution in [0, 0.1) is 5.92 Å². The fourth-order valence-electron chi connectivity index (χ4n) is 1.06. The molecule has 0 heterocycles. The van der Waals surface area contributed by atoms with E-state index in [0.717, 1.165) is 6.04 Å². The summed E-state index contributed by atoms with van der Waals surface area (Å²) in [6, 6.07) is 1.13.